The molecule has 2 N–H and O–H groups in total. The molecule has 0 bridgehead atoms. The second-order valence-electron chi connectivity index (χ2n) is 6.30. The van der Waals surface area contributed by atoms with Gasteiger partial charge in [0.05, 0.1) is 25.0 Å². The lowest BCUT2D eigenvalue weighted by Crippen LogP contribution is -2.16. The average Bonchev–Trinajstić information content (AvgIpc) is 3.00. The van der Waals surface area contributed by atoms with E-state index in [4.69, 9.17) is 14.2 Å². The van der Waals surface area contributed by atoms with E-state index in [1.165, 1.54) is 19.2 Å². The third kappa shape index (κ3) is 3.84. The number of carboxylic acids is 1. The van der Waals surface area contributed by atoms with E-state index in [1.807, 2.05) is 6.92 Å². The van der Waals surface area contributed by atoms with Crippen molar-refractivity contribution in [3.05, 3.63) is 41.5 Å². The van der Waals surface area contributed by atoms with Gasteiger partial charge in [-0.2, -0.15) is 0 Å². The van der Waals surface area contributed by atoms with Gasteiger partial charge in [-0.15, -0.1) is 0 Å². The number of carboxylic acid groups (broad SMARTS) is 1. The summed E-state index contributed by atoms with van der Waals surface area (Å²) in [6.07, 6.45) is 0.695. The molecular weight excluding hydrogens is 386 g/mol. The summed E-state index contributed by atoms with van der Waals surface area (Å²) in [4.78, 5) is 11.0. The lowest BCUT2D eigenvalue weighted by Gasteiger charge is -2.16. The van der Waals surface area contributed by atoms with E-state index in [0.717, 1.165) is 11.6 Å². The van der Waals surface area contributed by atoms with Crippen molar-refractivity contribution in [1.82, 2.24) is 0 Å². The smallest absolute Gasteiger partial charge is 0.335 e. The van der Waals surface area contributed by atoms with Crippen molar-refractivity contribution < 1.29 is 32.5 Å². The number of fused-ring (bicyclic) bond motifs is 1. The van der Waals surface area contributed by atoms with Crippen LogP contribution in [0.25, 0.3) is 0 Å². The van der Waals surface area contributed by atoms with Gasteiger partial charge < -0.3 is 19.3 Å². The molecule has 0 unspecified atom stereocenters. The monoisotopic (exact) mass is 407 g/mol. The second-order valence-corrected chi connectivity index (χ2v) is 7.95. The van der Waals surface area contributed by atoms with Crippen LogP contribution in [0.1, 0.15) is 29.8 Å². The van der Waals surface area contributed by atoms with E-state index < -0.39 is 16.0 Å². The highest BCUT2D eigenvalue weighted by Gasteiger charge is 2.26. The zero-order chi connectivity index (χ0) is 20.5. The van der Waals surface area contributed by atoms with E-state index in [-0.39, 0.29) is 28.0 Å². The Morgan fingerprint density at radius 2 is 2.04 bits per heavy atom. The van der Waals surface area contributed by atoms with Crippen molar-refractivity contribution in [1.29, 1.82) is 0 Å². The molecule has 150 valence electrons. The van der Waals surface area contributed by atoms with Crippen molar-refractivity contribution in [2.24, 2.45) is 0 Å². The summed E-state index contributed by atoms with van der Waals surface area (Å²) < 4.78 is 44.9. The molecule has 8 nitrogen and oxygen atoms in total. The van der Waals surface area contributed by atoms with Crippen LogP contribution in [0.3, 0.4) is 0 Å². The van der Waals surface area contributed by atoms with Gasteiger partial charge in [0.25, 0.3) is 10.0 Å². The maximum absolute atomic E-state index is 13.0. The minimum Gasteiger partial charge on any atom is -0.495 e. The zero-order valence-corrected chi connectivity index (χ0v) is 16.5. The summed E-state index contributed by atoms with van der Waals surface area (Å²) in [5, 5.41) is 9.18. The molecule has 28 heavy (non-hydrogen) atoms. The Kier molecular flexibility index (Phi) is 5.37. The summed E-state index contributed by atoms with van der Waals surface area (Å²) >= 11 is 0. The minimum atomic E-state index is -4.16. The van der Waals surface area contributed by atoms with Crippen molar-refractivity contribution in [2.75, 3.05) is 18.4 Å². The summed E-state index contributed by atoms with van der Waals surface area (Å²) in [7, 11) is -2.85. The predicted molar refractivity (Wildman–Crippen MR) is 102 cm³/mol. The van der Waals surface area contributed by atoms with Crippen molar-refractivity contribution in [3.63, 3.8) is 0 Å². The van der Waals surface area contributed by atoms with Crippen molar-refractivity contribution in [3.8, 4) is 17.2 Å². The molecule has 0 saturated heterocycles. The van der Waals surface area contributed by atoms with Gasteiger partial charge in [-0.1, -0.05) is 0 Å². The Bertz CT molecular complexity index is 1020. The molecule has 1 atom stereocenters. The standard InChI is InChI=1S/C19H21NO7S/c1-4-26-17-8-13-7-11(2)27-16(13)10-14(17)20-28(23,24)18-9-12(19(21)22)5-6-15(18)25-3/h5-6,8-11,20H,4,7H2,1-3H3,(H,21,22)/t11-/m0/s1. The van der Waals surface area contributed by atoms with Gasteiger partial charge in [0.1, 0.15) is 28.2 Å². The van der Waals surface area contributed by atoms with Crippen LogP contribution in [0.4, 0.5) is 5.69 Å². The molecule has 0 amide bonds. The molecule has 3 rings (SSSR count). The van der Waals surface area contributed by atoms with Crippen LogP contribution in [0, 0.1) is 0 Å². The summed E-state index contributed by atoms with van der Waals surface area (Å²) in [6, 6.07) is 6.96. The number of anilines is 1. The van der Waals surface area contributed by atoms with Crippen LogP contribution in [0.15, 0.2) is 35.2 Å². The van der Waals surface area contributed by atoms with Gasteiger partial charge in [0.2, 0.25) is 0 Å². The Morgan fingerprint density at radius 3 is 2.68 bits per heavy atom. The normalized spacial score (nSPS) is 15.5. The summed E-state index contributed by atoms with van der Waals surface area (Å²) in [6.45, 7) is 4.07. The summed E-state index contributed by atoms with van der Waals surface area (Å²) in [5.74, 6) is -0.258. The zero-order valence-electron chi connectivity index (χ0n) is 15.7. The number of rotatable bonds is 7. The van der Waals surface area contributed by atoms with E-state index in [9.17, 15) is 18.3 Å². The van der Waals surface area contributed by atoms with Crippen LogP contribution in [0.2, 0.25) is 0 Å². The summed E-state index contributed by atoms with van der Waals surface area (Å²) in [5.41, 5.74) is 0.971. The Labute approximate surface area is 163 Å². The Morgan fingerprint density at radius 1 is 1.29 bits per heavy atom. The van der Waals surface area contributed by atoms with Crippen LogP contribution < -0.4 is 18.9 Å². The van der Waals surface area contributed by atoms with Gasteiger partial charge >= 0.3 is 5.97 Å². The number of benzene rings is 2. The lowest BCUT2D eigenvalue weighted by atomic mass is 10.1. The molecule has 9 heteroatoms. The second kappa shape index (κ2) is 7.59. The molecule has 0 aliphatic carbocycles. The molecule has 1 aliphatic rings. The topological polar surface area (TPSA) is 111 Å². The quantitative estimate of drug-likeness (QED) is 0.726. The molecule has 0 aromatic heterocycles. The van der Waals surface area contributed by atoms with Crippen molar-refractivity contribution >= 4 is 21.7 Å². The van der Waals surface area contributed by atoms with Gasteiger partial charge in [-0.3, -0.25) is 4.72 Å². The number of nitrogens with one attached hydrogen (secondary N) is 1. The number of methoxy groups -OCH3 is 1. The van der Waals surface area contributed by atoms with Crippen LogP contribution >= 0.6 is 0 Å². The molecule has 1 heterocycles. The Balaban J connectivity index is 2.05. The number of hydrogen-bond acceptors (Lipinski definition) is 6. The molecule has 1 aliphatic heterocycles. The number of hydrogen-bond donors (Lipinski definition) is 2. The fourth-order valence-electron chi connectivity index (χ4n) is 3.01. The molecule has 0 fully saturated rings. The predicted octanol–water partition coefficient (Wildman–Crippen LogP) is 2.92. The average molecular weight is 407 g/mol. The highest BCUT2D eigenvalue weighted by atomic mass is 32.2. The number of aromatic carboxylic acids is 1. The van der Waals surface area contributed by atoms with E-state index in [1.54, 1.807) is 19.1 Å². The largest absolute Gasteiger partial charge is 0.495 e. The maximum Gasteiger partial charge on any atom is 0.335 e. The van der Waals surface area contributed by atoms with Crippen LogP contribution in [-0.2, 0) is 16.4 Å². The number of sulfonamides is 1. The first kappa shape index (κ1) is 19.8. The van der Waals surface area contributed by atoms with Gasteiger partial charge in [-0.05, 0) is 38.1 Å². The third-order valence-corrected chi connectivity index (χ3v) is 5.63. The van der Waals surface area contributed by atoms with Crippen molar-refractivity contribution in [2.45, 2.75) is 31.3 Å². The first-order valence-electron chi connectivity index (χ1n) is 8.65. The molecular formula is C19H21NO7S. The van der Waals surface area contributed by atoms with E-state index in [0.29, 0.717) is 24.5 Å². The SMILES string of the molecule is CCOc1cc2c(cc1NS(=O)(=O)c1cc(C(=O)O)ccc1OC)O[C@@H](C)C2. The molecule has 2 aromatic carbocycles. The lowest BCUT2D eigenvalue weighted by molar-refractivity contribution is 0.0696. The highest BCUT2D eigenvalue weighted by molar-refractivity contribution is 7.92. The number of ether oxygens (including phenoxy) is 3. The molecule has 0 saturated carbocycles. The highest BCUT2D eigenvalue weighted by Crippen LogP contribution is 2.39. The molecule has 0 spiro atoms. The number of carbonyl (C=O) groups is 1. The first-order valence-corrected chi connectivity index (χ1v) is 10.1. The van der Waals surface area contributed by atoms with Crippen LogP contribution in [-0.4, -0.2) is 39.3 Å². The maximum atomic E-state index is 13.0. The fourth-order valence-corrected chi connectivity index (χ4v) is 4.27. The Hall–Kier alpha value is -2.94. The van der Waals surface area contributed by atoms with Gasteiger partial charge in [0.15, 0.2) is 0 Å². The van der Waals surface area contributed by atoms with Gasteiger partial charge in [0, 0.05) is 18.1 Å². The fraction of sp³-hybridized carbons (Fsp3) is 0.316. The molecule has 0 radical (unpaired) electrons. The van der Waals surface area contributed by atoms with E-state index >= 15 is 0 Å². The minimum absolute atomic E-state index is 0.0105. The third-order valence-electron chi connectivity index (χ3n) is 4.24. The van der Waals surface area contributed by atoms with E-state index in [2.05, 4.69) is 4.72 Å². The first-order chi connectivity index (χ1) is 13.2. The van der Waals surface area contributed by atoms with Crippen LogP contribution in [0.5, 0.6) is 17.2 Å². The van der Waals surface area contributed by atoms with Gasteiger partial charge in [-0.25, -0.2) is 13.2 Å². The molecule has 2 aromatic rings.